The first-order valence-electron chi connectivity index (χ1n) is 2.44. The van der Waals surface area contributed by atoms with Crippen LogP contribution in [-0.2, 0) is 0 Å². The Morgan fingerprint density at radius 3 is 2.88 bits per heavy atom. The van der Waals surface area contributed by atoms with Gasteiger partial charge < -0.3 is 10.7 Å². The van der Waals surface area contributed by atoms with Crippen LogP contribution in [0, 0.1) is 5.41 Å². The van der Waals surface area contributed by atoms with Crippen molar-refractivity contribution < 1.29 is 0 Å². The normalized spacial score (nSPS) is 11.0. The second-order valence-corrected chi connectivity index (χ2v) is 1.79. The van der Waals surface area contributed by atoms with Crippen LogP contribution in [0.2, 0.25) is 0 Å². The minimum atomic E-state index is 0.645. The van der Waals surface area contributed by atoms with E-state index in [1.807, 2.05) is 6.92 Å². The summed E-state index contributed by atoms with van der Waals surface area (Å²) in [6.45, 7) is 2.86. The van der Waals surface area contributed by atoms with Gasteiger partial charge in [-0.1, -0.05) is 0 Å². The first-order chi connectivity index (χ1) is 3.81. The maximum atomic E-state index is 6.68. The number of allylic oxidation sites excluding steroid dienone is 1. The van der Waals surface area contributed by atoms with Gasteiger partial charge in [-0.2, -0.15) is 0 Å². The molecule has 0 aliphatic rings. The Kier molecular flexibility index (Phi) is 4.45. The minimum absolute atomic E-state index is 0.645. The first-order valence-corrected chi connectivity index (χ1v) is 2.89. The van der Waals surface area contributed by atoms with Gasteiger partial charge in [0.05, 0.1) is 0 Å². The fourth-order valence-corrected chi connectivity index (χ4v) is 0.340. The van der Waals surface area contributed by atoms with Crippen molar-refractivity contribution in [2.75, 3.05) is 6.54 Å². The van der Waals surface area contributed by atoms with E-state index in [2.05, 4.69) is 17.9 Å². The van der Waals surface area contributed by atoms with E-state index in [-0.39, 0.29) is 0 Å². The van der Waals surface area contributed by atoms with Crippen molar-refractivity contribution in [1.82, 2.24) is 5.32 Å². The van der Waals surface area contributed by atoms with Gasteiger partial charge in [-0.15, -0.1) is 12.6 Å². The summed E-state index contributed by atoms with van der Waals surface area (Å²) in [5, 5.41) is 9.59. The van der Waals surface area contributed by atoms with Crippen molar-refractivity contribution >= 4 is 18.8 Å². The molecule has 0 saturated heterocycles. The molecule has 0 unspecified atom stereocenters. The molecule has 0 aromatic rings. The lowest BCUT2D eigenvalue weighted by atomic mass is 10.6. The van der Waals surface area contributed by atoms with E-state index in [0.29, 0.717) is 4.91 Å². The largest absolute Gasteiger partial charge is 0.390 e. The molecule has 0 saturated carbocycles. The summed E-state index contributed by atoms with van der Waals surface area (Å²) in [5.41, 5.74) is 0. The van der Waals surface area contributed by atoms with Crippen molar-refractivity contribution in [2.45, 2.75) is 6.92 Å². The number of nitrogens with one attached hydrogen (secondary N) is 2. The van der Waals surface area contributed by atoms with Crippen LogP contribution in [-0.4, -0.2) is 12.8 Å². The minimum Gasteiger partial charge on any atom is -0.390 e. The average Bonchev–Trinajstić information content (AvgIpc) is 1.83. The molecule has 0 fully saturated rings. The van der Waals surface area contributed by atoms with E-state index in [0.717, 1.165) is 6.54 Å². The van der Waals surface area contributed by atoms with Gasteiger partial charge in [0.15, 0.2) is 0 Å². The van der Waals surface area contributed by atoms with Gasteiger partial charge in [-0.3, -0.25) is 0 Å². The Morgan fingerprint density at radius 2 is 2.50 bits per heavy atom. The molecule has 0 atom stereocenters. The summed E-state index contributed by atoms with van der Waals surface area (Å²) in [4.78, 5) is 0.645. The Morgan fingerprint density at radius 1 is 1.88 bits per heavy atom. The maximum Gasteiger partial charge on any atom is 0.0374 e. The molecule has 3 heteroatoms. The van der Waals surface area contributed by atoms with Crippen LogP contribution in [0.4, 0.5) is 0 Å². The number of hydrogen-bond acceptors (Lipinski definition) is 3. The fraction of sp³-hybridized carbons (Fsp3) is 0.400. The van der Waals surface area contributed by atoms with E-state index < -0.39 is 0 Å². The van der Waals surface area contributed by atoms with Crippen molar-refractivity contribution in [3.05, 3.63) is 11.1 Å². The first kappa shape index (κ1) is 7.56. The summed E-state index contributed by atoms with van der Waals surface area (Å²) in [7, 11) is 0. The SMILES string of the molecule is CCN/C=C(/S)C=N. The summed E-state index contributed by atoms with van der Waals surface area (Å²) >= 11 is 3.92. The molecule has 0 aliphatic carbocycles. The maximum absolute atomic E-state index is 6.68. The molecule has 2 N–H and O–H groups in total. The average molecular weight is 130 g/mol. The Bertz CT molecular complexity index is 98.6. The lowest BCUT2D eigenvalue weighted by Crippen LogP contribution is -2.02. The van der Waals surface area contributed by atoms with Crippen LogP contribution in [0.1, 0.15) is 6.92 Å². The zero-order valence-corrected chi connectivity index (χ0v) is 5.70. The van der Waals surface area contributed by atoms with Gasteiger partial charge in [0.2, 0.25) is 0 Å². The van der Waals surface area contributed by atoms with Gasteiger partial charge in [-0.05, 0) is 6.92 Å². The Hall–Kier alpha value is -0.440. The van der Waals surface area contributed by atoms with Crippen LogP contribution in [0.25, 0.3) is 0 Å². The van der Waals surface area contributed by atoms with Gasteiger partial charge in [0.25, 0.3) is 0 Å². The second-order valence-electron chi connectivity index (χ2n) is 1.27. The van der Waals surface area contributed by atoms with E-state index in [9.17, 15) is 0 Å². The third kappa shape index (κ3) is 3.74. The van der Waals surface area contributed by atoms with E-state index >= 15 is 0 Å². The van der Waals surface area contributed by atoms with Gasteiger partial charge in [-0.25, -0.2) is 0 Å². The van der Waals surface area contributed by atoms with E-state index in [1.54, 1.807) is 6.20 Å². The molecule has 0 aromatic heterocycles. The third-order valence-corrected chi connectivity index (χ3v) is 0.860. The monoisotopic (exact) mass is 130 g/mol. The molecule has 0 aromatic carbocycles. The highest BCUT2D eigenvalue weighted by atomic mass is 32.1. The predicted octanol–water partition coefficient (Wildman–Crippen LogP) is 1.02. The van der Waals surface area contributed by atoms with Gasteiger partial charge in [0, 0.05) is 23.9 Å². The summed E-state index contributed by atoms with van der Waals surface area (Å²) in [5.74, 6) is 0. The number of thiol groups is 1. The highest BCUT2D eigenvalue weighted by Crippen LogP contribution is 1.90. The molecule has 8 heavy (non-hydrogen) atoms. The summed E-state index contributed by atoms with van der Waals surface area (Å²) in [6.07, 6.45) is 2.88. The topological polar surface area (TPSA) is 35.9 Å². The number of rotatable bonds is 3. The standard InChI is InChI=1S/C5H10N2S/c1-2-7-4-5(8)3-6/h3-4,6-8H,2H2,1H3/b5-4+,6-3?. The van der Waals surface area contributed by atoms with E-state index in [1.165, 1.54) is 6.21 Å². The van der Waals surface area contributed by atoms with Gasteiger partial charge >= 0.3 is 0 Å². The predicted molar refractivity (Wildman–Crippen MR) is 39.5 cm³/mol. The zero-order valence-electron chi connectivity index (χ0n) is 4.81. The van der Waals surface area contributed by atoms with Crippen LogP contribution in [0.5, 0.6) is 0 Å². The van der Waals surface area contributed by atoms with Crippen LogP contribution in [0.15, 0.2) is 11.1 Å². The molecule has 0 amide bonds. The molecule has 0 heterocycles. The molecular weight excluding hydrogens is 120 g/mol. The van der Waals surface area contributed by atoms with Crippen molar-refractivity contribution in [3.63, 3.8) is 0 Å². The van der Waals surface area contributed by atoms with Gasteiger partial charge in [0.1, 0.15) is 0 Å². The van der Waals surface area contributed by atoms with Crippen LogP contribution in [0.3, 0.4) is 0 Å². The highest BCUT2D eigenvalue weighted by molar-refractivity contribution is 7.85. The Balaban J connectivity index is 3.40. The van der Waals surface area contributed by atoms with Crippen LogP contribution >= 0.6 is 12.6 Å². The molecule has 0 rings (SSSR count). The third-order valence-electron chi connectivity index (χ3n) is 0.602. The van der Waals surface area contributed by atoms with Crippen molar-refractivity contribution in [1.29, 1.82) is 5.41 Å². The van der Waals surface area contributed by atoms with Crippen LogP contribution < -0.4 is 5.32 Å². The smallest absolute Gasteiger partial charge is 0.0374 e. The summed E-state index contributed by atoms with van der Waals surface area (Å²) < 4.78 is 0. The zero-order chi connectivity index (χ0) is 6.41. The molecule has 0 spiro atoms. The fourth-order valence-electron chi connectivity index (χ4n) is 0.248. The molecule has 2 nitrogen and oxygen atoms in total. The van der Waals surface area contributed by atoms with E-state index in [4.69, 9.17) is 5.41 Å². The quantitative estimate of drug-likeness (QED) is 0.387. The molecule has 0 bridgehead atoms. The van der Waals surface area contributed by atoms with Crippen molar-refractivity contribution in [3.8, 4) is 0 Å². The molecular formula is C5H10N2S. The lowest BCUT2D eigenvalue weighted by molar-refractivity contribution is 0.919. The Labute approximate surface area is 54.9 Å². The molecule has 46 valence electrons. The highest BCUT2D eigenvalue weighted by Gasteiger charge is 1.76. The summed E-state index contributed by atoms with van der Waals surface area (Å²) in [6, 6.07) is 0. The van der Waals surface area contributed by atoms with Crippen molar-refractivity contribution in [2.24, 2.45) is 0 Å². The molecule has 0 radical (unpaired) electrons. The molecule has 0 aliphatic heterocycles. The number of hydrogen-bond donors (Lipinski definition) is 3. The lowest BCUT2D eigenvalue weighted by Gasteiger charge is -1.91. The second kappa shape index (κ2) is 4.71.